The summed E-state index contributed by atoms with van der Waals surface area (Å²) in [6.45, 7) is 2.58. The number of carboxylic acid groups (broad SMARTS) is 1. The van der Waals surface area contributed by atoms with Gasteiger partial charge in [-0.15, -0.1) is 0 Å². The molecule has 1 aliphatic heterocycles. The fourth-order valence-corrected chi connectivity index (χ4v) is 2.10. The first-order valence-electron chi connectivity index (χ1n) is 5.27. The second-order valence-electron chi connectivity index (χ2n) is 3.94. The highest BCUT2D eigenvalue weighted by atomic mass is 16.4. The van der Waals surface area contributed by atoms with Crippen LogP contribution >= 0.6 is 0 Å². The number of hydrogen-bond acceptors (Lipinski definition) is 2. The molecule has 3 nitrogen and oxygen atoms in total. The molecule has 0 amide bonds. The van der Waals surface area contributed by atoms with Gasteiger partial charge in [-0.25, -0.2) is 4.79 Å². The molecule has 0 spiro atoms. The van der Waals surface area contributed by atoms with Crippen molar-refractivity contribution in [1.82, 2.24) is 0 Å². The van der Waals surface area contributed by atoms with Crippen molar-refractivity contribution in [3.8, 4) is 0 Å². The molecule has 1 aromatic carbocycles. The van der Waals surface area contributed by atoms with E-state index < -0.39 is 12.0 Å². The lowest BCUT2D eigenvalue weighted by atomic mass is 10.0. The van der Waals surface area contributed by atoms with Crippen molar-refractivity contribution in [2.45, 2.75) is 25.8 Å². The van der Waals surface area contributed by atoms with E-state index in [-0.39, 0.29) is 0 Å². The van der Waals surface area contributed by atoms with Crippen LogP contribution in [0.4, 0.5) is 5.69 Å². The predicted molar refractivity (Wildman–Crippen MR) is 59.2 cm³/mol. The molecular weight excluding hydrogens is 190 g/mol. The summed E-state index contributed by atoms with van der Waals surface area (Å²) >= 11 is 0. The van der Waals surface area contributed by atoms with E-state index in [2.05, 4.69) is 6.07 Å². The van der Waals surface area contributed by atoms with Gasteiger partial charge in [0.15, 0.2) is 0 Å². The standard InChI is InChI=1S/C12H15NO2/c1-9(12(14)15)13-8-4-6-10-5-2-3-7-11(10)13/h2-3,5,7,9H,4,6,8H2,1H3,(H,14,15). The van der Waals surface area contributed by atoms with Crippen LogP contribution in [0.1, 0.15) is 18.9 Å². The first-order chi connectivity index (χ1) is 7.20. The van der Waals surface area contributed by atoms with Crippen LogP contribution in [0.2, 0.25) is 0 Å². The number of hydrogen-bond donors (Lipinski definition) is 1. The zero-order valence-corrected chi connectivity index (χ0v) is 8.81. The van der Waals surface area contributed by atoms with Crippen molar-refractivity contribution in [3.63, 3.8) is 0 Å². The van der Waals surface area contributed by atoms with Gasteiger partial charge in [-0.2, -0.15) is 0 Å². The summed E-state index contributed by atoms with van der Waals surface area (Å²) in [7, 11) is 0. The van der Waals surface area contributed by atoms with Crippen molar-refractivity contribution in [2.75, 3.05) is 11.4 Å². The number of para-hydroxylation sites is 1. The molecular formula is C12H15NO2. The van der Waals surface area contributed by atoms with Crippen molar-refractivity contribution < 1.29 is 9.90 Å². The number of fused-ring (bicyclic) bond motifs is 1. The second kappa shape index (κ2) is 3.93. The molecule has 1 atom stereocenters. The van der Waals surface area contributed by atoms with Gasteiger partial charge in [0, 0.05) is 12.2 Å². The number of carbonyl (C=O) groups is 1. The van der Waals surface area contributed by atoms with Crippen LogP contribution in [0.5, 0.6) is 0 Å². The molecule has 3 heteroatoms. The van der Waals surface area contributed by atoms with Crippen LogP contribution in [0.25, 0.3) is 0 Å². The van der Waals surface area contributed by atoms with Gasteiger partial charge in [-0.3, -0.25) is 0 Å². The Bertz CT molecular complexity index is 376. The first kappa shape index (κ1) is 10.0. The Labute approximate surface area is 89.3 Å². The van der Waals surface area contributed by atoms with E-state index >= 15 is 0 Å². The van der Waals surface area contributed by atoms with Crippen molar-refractivity contribution in [2.24, 2.45) is 0 Å². The van der Waals surface area contributed by atoms with Gasteiger partial charge in [0.1, 0.15) is 6.04 Å². The summed E-state index contributed by atoms with van der Waals surface area (Å²) in [6.07, 6.45) is 2.09. The summed E-state index contributed by atoms with van der Waals surface area (Å²) in [6, 6.07) is 7.62. The number of benzene rings is 1. The number of aryl methyl sites for hydroxylation is 1. The first-order valence-corrected chi connectivity index (χ1v) is 5.27. The zero-order valence-electron chi connectivity index (χ0n) is 8.81. The van der Waals surface area contributed by atoms with Crippen molar-refractivity contribution in [1.29, 1.82) is 0 Å². The molecule has 80 valence electrons. The van der Waals surface area contributed by atoms with E-state index in [0.717, 1.165) is 25.1 Å². The molecule has 0 radical (unpaired) electrons. The van der Waals surface area contributed by atoms with Crippen molar-refractivity contribution >= 4 is 11.7 Å². The van der Waals surface area contributed by atoms with Gasteiger partial charge >= 0.3 is 5.97 Å². The molecule has 1 N–H and O–H groups in total. The van der Waals surface area contributed by atoms with Crippen LogP contribution in [-0.2, 0) is 11.2 Å². The summed E-state index contributed by atoms with van der Waals surface area (Å²) in [5, 5.41) is 9.02. The Hall–Kier alpha value is -1.51. The Balaban J connectivity index is 2.33. The monoisotopic (exact) mass is 205 g/mol. The SMILES string of the molecule is CC(C(=O)O)N1CCCc2ccccc21. The smallest absolute Gasteiger partial charge is 0.326 e. The van der Waals surface area contributed by atoms with Gasteiger partial charge in [0.2, 0.25) is 0 Å². The largest absolute Gasteiger partial charge is 0.480 e. The number of aliphatic carboxylic acids is 1. The molecule has 15 heavy (non-hydrogen) atoms. The zero-order chi connectivity index (χ0) is 10.8. The second-order valence-corrected chi connectivity index (χ2v) is 3.94. The molecule has 1 aromatic rings. The van der Waals surface area contributed by atoms with Gasteiger partial charge in [-0.05, 0) is 31.4 Å². The number of anilines is 1. The Morgan fingerprint density at radius 2 is 2.20 bits per heavy atom. The molecule has 1 aliphatic rings. The van der Waals surface area contributed by atoms with Crippen LogP contribution in [0.3, 0.4) is 0 Å². The summed E-state index contributed by atoms with van der Waals surface area (Å²) < 4.78 is 0. The normalized spacial score (nSPS) is 17.0. The average molecular weight is 205 g/mol. The van der Waals surface area contributed by atoms with Gasteiger partial charge < -0.3 is 10.0 Å². The van der Waals surface area contributed by atoms with Crippen LogP contribution in [0.15, 0.2) is 24.3 Å². The van der Waals surface area contributed by atoms with Crippen LogP contribution < -0.4 is 4.90 Å². The minimum Gasteiger partial charge on any atom is -0.480 e. The van der Waals surface area contributed by atoms with Gasteiger partial charge in [0.25, 0.3) is 0 Å². The third-order valence-corrected chi connectivity index (χ3v) is 2.97. The third-order valence-electron chi connectivity index (χ3n) is 2.97. The average Bonchev–Trinajstić information content (AvgIpc) is 2.27. The summed E-state index contributed by atoms with van der Waals surface area (Å²) in [5.74, 6) is -0.758. The molecule has 0 fully saturated rings. The quantitative estimate of drug-likeness (QED) is 0.801. The maximum absolute atomic E-state index is 11.0. The minimum atomic E-state index is -0.758. The molecule has 0 bridgehead atoms. The summed E-state index contributed by atoms with van der Waals surface area (Å²) in [5.41, 5.74) is 2.34. The van der Waals surface area contributed by atoms with Crippen LogP contribution in [0, 0.1) is 0 Å². The highest BCUT2D eigenvalue weighted by molar-refractivity contribution is 5.78. The lowest BCUT2D eigenvalue weighted by Crippen LogP contribution is -2.42. The molecule has 1 unspecified atom stereocenters. The molecule has 0 aliphatic carbocycles. The van der Waals surface area contributed by atoms with Crippen LogP contribution in [-0.4, -0.2) is 23.7 Å². The molecule has 1 heterocycles. The van der Waals surface area contributed by atoms with Gasteiger partial charge in [0.05, 0.1) is 0 Å². The summed E-state index contributed by atoms with van der Waals surface area (Å²) in [4.78, 5) is 12.9. The topological polar surface area (TPSA) is 40.5 Å². The van der Waals surface area contributed by atoms with E-state index in [1.807, 2.05) is 23.1 Å². The van der Waals surface area contributed by atoms with E-state index in [1.54, 1.807) is 6.92 Å². The maximum atomic E-state index is 11.0. The Morgan fingerprint density at radius 1 is 1.47 bits per heavy atom. The predicted octanol–water partition coefficient (Wildman–Crippen LogP) is 1.91. The molecule has 0 saturated heterocycles. The van der Waals surface area contributed by atoms with Crippen molar-refractivity contribution in [3.05, 3.63) is 29.8 Å². The molecule has 0 saturated carbocycles. The maximum Gasteiger partial charge on any atom is 0.326 e. The highest BCUT2D eigenvalue weighted by Crippen LogP contribution is 2.28. The van der Waals surface area contributed by atoms with E-state index in [4.69, 9.17) is 5.11 Å². The van der Waals surface area contributed by atoms with Gasteiger partial charge in [-0.1, -0.05) is 18.2 Å². The lowest BCUT2D eigenvalue weighted by molar-refractivity contribution is -0.138. The number of rotatable bonds is 2. The highest BCUT2D eigenvalue weighted by Gasteiger charge is 2.24. The third kappa shape index (κ3) is 1.82. The fraction of sp³-hybridized carbons (Fsp3) is 0.417. The Kier molecular flexibility index (Phi) is 2.62. The lowest BCUT2D eigenvalue weighted by Gasteiger charge is -2.34. The number of nitrogens with zero attached hydrogens (tertiary/aromatic N) is 1. The Morgan fingerprint density at radius 3 is 2.93 bits per heavy atom. The number of carboxylic acids is 1. The minimum absolute atomic E-state index is 0.438. The molecule has 0 aromatic heterocycles. The molecule has 2 rings (SSSR count). The van der Waals surface area contributed by atoms with E-state index in [0.29, 0.717) is 0 Å². The van der Waals surface area contributed by atoms with E-state index in [9.17, 15) is 4.79 Å². The van der Waals surface area contributed by atoms with E-state index in [1.165, 1.54) is 5.56 Å². The fourth-order valence-electron chi connectivity index (χ4n) is 2.10.